The summed E-state index contributed by atoms with van der Waals surface area (Å²) >= 11 is 7.27. The van der Waals surface area contributed by atoms with E-state index in [1.165, 1.54) is 17.4 Å². The van der Waals surface area contributed by atoms with Crippen molar-refractivity contribution in [3.63, 3.8) is 0 Å². The van der Waals surface area contributed by atoms with Crippen LogP contribution in [0.3, 0.4) is 0 Å². The van der Waals surface area contributed by atoms with Crippen LogP contribution in [0, 0.1) is 12.7 Å². The van der Waals surface area contributed by atoms with Crippen molar-refractivity contribution >= 4 is 22.9 Å². The standard InChI is InChI=1S/C12H10ClFN4S/c1-7-11(4-5-16-18-15)17-12(19-7)8-2-3-10(14)9(13)6-8/h2-3,6H,4-5H2,1H3. The summed E-state index contributed by atoms with van der Waals surface area (Å²) in [5.41, 5.74) is 9.93. The summed E-state index contributed by atoms with van der Waals surface area (Å²) in [6, 6.07) is 4.54. The number of hydrogen-bond donors (Lipinski definition) is 0. The van der Waals surface area contributed by atoms with Crippen molar-refractivity contribution in [2.45, 2.75) is 13.3 Å². The zero-order chi connectivity index (χ0) is 13.8. The number of rotatable bonds is 4. The number of benzene rings is 1. The molecule has 0 atom stereocenters. The van der Waals surface area contributed by atoms with Crippen molar-refractivity contribution < 1.29 is 4.39 Å². The topological polar surface area (TPSA) is 61.7 Å². The van der Waals surface area contributed by atoms with Gasteiger partial charge in [0.15, 0.2) is 0 Å². The Labute approximate surface area is 118 Å². The van der Waals surface area contributed by atoms with E-state index >= 15 is 0 Å². The van der Waals surface area contributed by atoms with E-state index < -0.39 is 5.82 Å². The van der Waals surface area contributed by atoms with Crippen molar-refractivity contribution in [2.24, 2.45) is 5.11 Å². The number of halogens is 2. The van der Waals surface area contributed by atoms with Gasteiger partial charge in [0.25, 0.3) is 0 Å². The lowest BCUT2D eigenvalue weighted by atomic mass is 10.2. The maximum Gasteiger partial charge on any atom is 0.141 e. The molecule has 1 heterocycles. The Balaban J connectivity index is 2.27. The highest BCUT2D eigenvalue weighted by Crippen LogP contribution is 2.30. The van der Waals surface area contributed by atoms with Crippen molar-refractivity contribution in [1.29, 1.82) is 0 Å². The molecule has 4 nitrogen and oxygen atoms in total. The summed E-state index contributed by atoms with van der Waals surface area (Å²) in [4.78, 5) is 8.24. The fourth-order valence-electron chi connectivity index (χ4n) is 1.61. The lowest BCUT2D eigenvalue weighted by molar-refractivity contribution is 0.628. The second kappa shape index (κ2) is 6.02. The fraction of sp³-hybridized carbons (Fsp3) is 0.250. The second-order valence-electron chi connectivity index (χ2n) is 3.86. The minimum Gasteiger partial charge on any atom is -0.241 e. The maximum atomic E-state index is 13.1. The van der Waals surface area contributed by atoms with Gasteiger partial charge in [-0.15, -0.1) is 11.3 Å². The Bertz CT molecular complexity index is 649. The van der Waals surface area contributed by atoms with E-state index in [0.29, 0.717) is 13.0 Å². The molecule has 0 spiro atoms. The van der Waals surface area contributed by atoms with Gasteiger partial charge in [-0.1, -0.05) is 16.7 Å². The molecule has 2 rings (SSSR count). The molecule has 98 valence electrons. The molecule has 7 heteroatoms. The van der Waals surface area contributed by atoms with E-state index in [4.69, 9.17) is 17.1 Å². The summed E-state index contributed by atoms with van der Waals surface area (Å²) in [6.45, 7) is 2.34. The molecule has 0 radical (unpaired) electrons. The van der Waals surface area contributed by atoms with Gasteiger partial charge in [-0.2, -0.15) is 0 Å². The third-order valence-electron chi connectivity index (χ3n) is 2.57. The van der Waals surface area contributed by atoms with Crippen LogP contribution in [0.2, 0.25) is 5.02 Å². The van der Waals surface area contributed by atoms with Gasteiger partial charge in [0.05, 0.1) is 10.7 Å². The highest BCUT2D eigenvalue weighted by atomic mass is 35.5. The number of azide groups is 1. The lowest BCUT2D eigenvalue weighted by Crippen LogP contribution is -1.91. The van der Waals surface area contributed by atoms with E-state index in [0.717, 1.165) is 21.1 Å². The molecule has 0 unspecified atom stereocenters. The Morgan fingerprint density at radius 1 is 1.53 bits per heavy atom. The van der Waals surface area contributed by atoms with Gasteiger partial charge in [0.1, 0.15) is 10.8 Å². The largest absolute Gasteiger partial charge is 0.241 e. The van der Waals surface area contributed by atoms with Crippen LogP contribution in [-0.4, -0.2) is 11.5 Å². The third kappa shape index (κ3) is 3.23. The minimum atomic E-state index is -0.442. The van der Waals surface area contributed by atoms with Crippen LogP contribution in [0.25, 0.3) is 21.0 Å². The zero-order valence-electron chi connectivity index (χ0n) is 10.1. The van der Waals surface area contributed by atoms with E-state index in [9.17, 15) is 4.39 Å². The summed E-state index contributed by atoms with van der Waals surface area (Å²) in [5.74, 6) is -0.442. The average Bonchev–Trinajstić information content (AvgIpc) is 2.75. The molecule has 0 aliphatic rings. The summed E-state index contributed by atoms with van der Waals surface area (Å²) in [5, 5.41) is 4.36. The minimum absolute atomic E-state index is 0.0842. The first-order chi connectivity index (χ1) is 9.11. The molecule has 0 aliphatic heterocycles. The van der Waals surface area contributed by atoms with Gasteiger partial charge < -0.3 is 0 Å². The van der Waals surface area contributed by atoms with Crippen molar-refractivity contribution in [3.8, 4) is 10.6 Å². The first kappa shape index (κ1) is 13.8. The van der Waals surface area contributed by atoms with Gasteiger partial charge in [-0.05, 0) is 37.1 Å². The molecule has 0 amide bonds. The summed E-state index contributed by atoms with van der Waals surface area (Å²) < 4.78 is 13.1. The van der Waals surface area contributed by atoms with Crippen LogP contribution in [-0.2, 0) is 6.42 Å². The van der Waals surface area contributed by atoms with Crippen LogP contribution in [0.5, 0.6) is 0 Å². The summed E-state index contributed by atoms with van der Waals surface area (Å²) in [6.07, 6.45) is 0.599. The lowest BCUT2D eigenvalue weighted by Gasteiger charge is -1.98. The number of aryl methyl sites for hydroxylation is 1. The highest BCUT2D eigenvalue weighted by molar-refractivity contribution is 7.15. The van der Waals surface area contributed by atoms with Crippen molar-refractivity contribution in [1.82, 2.24) is 4.98 Å². The maximum absolute atomic E-state index is 13.1. The molecular formula is C12H10ClFN4S. The molecule has 2 aromatic rings. The van der Waals surface area contributed by atoms with Crippen LogP contribution < -0.4 is 0 Å². The van der Waals surface area contributed by atoms with Crippen LogP contribution in [0.1, 0.15) is 10.6 Å². The predicted molar refractivity (Wildman–Crippen MR) is 75.0 cm³/mol. The second-order valence-corrected chi connectivity index (χ2v) is 5.47. The number of aromatic nitrogens is 1. The van der Waals surface area contributed by atoms with E-state index in [2.05, 4.69) is 15.0 Å². The quantitative estimate of drug-likeness (QED) is 0.455. The normalized spacial score (nSPS) is 10.3. The number of thiazole rings is 1. The van der Waals surface area contributed by atoms with Gasteiger partial charge in [0.2, 0.25) is 0 Å². The average molecular weight is 297 g/mol. The van der Waals surface area contributed by atoms with Crippen LogP contribution in [0.4, 0.5) is 4.39 Å². The first-order valence-corrected chi connectivity index (χ1v) is 6.74. The predicted octanol–water partition coefficient (Wildman–Crippen LogP) is 4.76. The summed E-state index contributed by atoms with van der Waals surface area (Å²) in [7, 11) is 0. The van der Waals surface area contributed by atoms with Crippen molar-refractivity contribution in [2.75, 3.05) is 6.54 Å². The first-order valence-electron chi connectivity index (χ1n) is 5.54. The molecule has 1 aromatic heterocycles. The zero-order valence-corrected chi connectivity index (χ0v) is 11.7. The van der Waals surface area contributed by atoms with Crippen LogP contribution in [0.15, 0.2) is 23.3 Å². The molecule has 0 aliphatic carbocycles. The van der Waals surface area contributed by atoms with Crippen LogP contribution >= 0.6 is 22.9 Å². The number of nitrogens with zero attached hydrogens (tertiary/aromatic N) is 4. The molecule has 0 saturated carbocycles. The van der Waals surface area contributed by atoms with E-state index in [-0.39, 0.29) is 5.02 Å². The van der Waals surface area contributed by atoms with Gasteiger partial charge in [0, 0.05) is 21.9 Å². The Morgan fingerprint density at radius 3 is 3.00 bits per heavy atom. The fourth-order valence-corrected chi connectivity index (χ4v) is 2.75. The van der Waals surface area contributed by atoms with E-state index in [1.807, 2.05) is 6.92 Å². The molecule has 0 saturated heterocycles. The molecule has 19 heavy (non-hydrogen) atoms. The number of hydrogen-bond acceptors (Lipinski definition) is 3. The van der Waals surface area contributed by atoms with E-state index in [1.54, 1.807) is 12.1 Å². The van der Waals surface area contributed by atoms with Gasteiger partial charge in [-0.25, -0.2) is 9.37 Å². The molecule has 0 N–H and O–H groups in total. The van der Waals surface area contributed by atoms with Gasteiger partial charge >= 0.3 is 0 Å². The Kier molecular flexibility index (Phi) is 4.37. The van der Waals surface area contributed by atoms with Gasteiger partial charge in [-0.3, -0.25) is 0 Å². The smallest absolute Gasteiger partial charge is 0.141 e. The monoisotopic (exact) mass is 296 g/mol. The molecule has 0 bridgehead atoms. The highest BCUT2D eigenvalue weighted by Gasteiger charge is 2.10. The molecular weight excluding hydrogens is 287 g/mol. The third-order valence-corrected chi connectivity index (χ3v) is 3.92. The molecule has 0 fully saturated rings. The molecule has 1 aromatic carbocycles. The Hall–Kier alpha value is -1.62. The SMILES string of the molecule is Cc1sc(-c2ccc(F)c(Cl)c2)nc1CCN=[N+]=[N-]. The van der Waals surface area contributed by atoms with Crippen molar-refractivity contribution in [3.05, 3.63) is 50.1 Å². The Morgan fingerprint density at radius 2 is 2.32 bits per heavy atom.